The predicted octanol–water partition coefficient (Wildman–Crippen LogP) is 3.06. The van der Waals surface area contributed by atoms with Crippen molar-refractivity contribution in [3.63, 3.8) is 0 Å². The van der Waals surface area contributed by atoms with Crippen molar-refractivity contribution in [1.29, 1.82) is 0 Å². The molecule has 0 aliphatic carbocycles. The van der Waals surface area contributed by atoms with Gasteiger partial charge in [-0.25, -0.2) is 0 Å². The molecule has 0 aliphatic rings. The number of anilines is 1. The Kier molecular flexibility index (Phi) is 3.28. The summed E-state index contributed by atoms with van der Waals surface area (Å²) in [5.41, 5.74) is -0.930. The van der Waals surface area contributed by atoms with Gasteiger partial charge in [0.2, 0.25) is 0 Å². The van der Waals surface area contributed by atoms with Gasteiger partial charge in [0, 0.05) is 11.3 Å². The van der Waals surface area contributed by atoms with Crippen LogP contribution in [0.25, 0.3) is 0 Å². The smallest absolute Gasteiger partial charge is 0.398 e. The van der Waals surface area contributed by atoms with E-state index < -0.39 is 34.8 Å². The van der Waals surface area contributed by atoms with Crippen molar-refractivity contribution in [2.24, 2.45) is 0 Å². The van der Waals surface area contributed by atoms with E-state index in [-0.39, 0.29) is 0 Å². The van der Waals surface area contributed by atoms with Crippen LogP contribution in [0, 0.1) is 0 Å². The van der Waals surface area contributed by atoms with E-state index in [2.05, 4.69) is 0 Å². The van der Waals surface area contributed by atoms with Gasteiger partial charge in [0.25, 0.3) is 0 Å². The first-order valence-corrected chi connectivity index (χ1v) is 4.63. The second kappa shape index (κ2) is 4.04. The molecule has 0 aliphatic heterocycles. The molecule has 0 spiro atoms. The van der Waals surface area contributed by atoms with Crippen LogP contribution in [-0.4, -0.2) is 11.3 Å². The third-order valence-electron chi connectivity index (χ3n) is 2.46. The van der Waals surface area contributed by atoms with Crippen molar-refractivity contribution in [3.05, 3.63) is 29.3 Å². The quantitative estimate of drug-likeness (QED) is 0.610. The Morgan fingerprint density at radius 3 is 1.89 bits per heavy atom. The van der Waals surface area contributed by atoms with Gasteiger partial charge in [-0.1, -0.05) is 6.07 Å². The highest BCUT2D eigenvalue weighted by atomic mass is 19.4. The van der Waals surface area contributed by atoms with Crippen LogP contribution < -0.4 is 5.73 Å². The third-order valence-corrected chi connectivity index (χ3v) is 2.46. The number of aliphatic hydroxyl groups is 1. The van der Waals surface area contributed by atoms with Crippen molar-refractivity contribution in [2.45, 2.75) is 24.9 Å². The molecule has 1 atom stereocenters. The Labute approximate surface area is 98.0 Å². The summed E-state index contributed by atoms with van der Waals surface area (Å²) in [6.07, 6.45) is -9.75. The SMILES string of the molecule is CC(O)(c1ccc(C(F)(F)F)cc1N)C(F)(F)F. The molecule has 102 valence electrons. The van der Waals surface area contributed by atoms with Crippen LogP contribution in [-0.2, 0) is 11.8 Å². The number of hydrogen-bond acceptors (Lipinski definition) is 2. The lowest BCUT2D eigenvalue weighted by atomic mass is 9.92. The number of benzene rings is 1. The Hall–Kier alpha value is -1.44. The van der Waals surface area contributed by atoms with Crippen LogP contribution in [0.5, 0.6) is 0 Å². The summed E-state index contributed by atoms with van der Waals surface area (Å²) in [6, 6.07) is 1.31. The van der Waals surface area contributed by atoms with Crippen molar-refractivity contribution in [2.75, 3.05) is 5.73 Å². The van der Waals surface area contributed by atoms with Gasteiger partial charge in [0.15, 0.2) is 5.60 Å². The molecule has 0 saturated heterocycles. The van der Waals surface area contributed by atoms with E-state index in [1.165, 1.54) is 0 Å². The zero-order chi connectivity index (χ0) is 14.4. The Balaban J connectivity index is 3.31. The van der Waals surface area contributed by atoms with Crippen molar-refractivity contribution >= 4 is 5.69 Å². The van der Waals surface area contributed by atoms with Crippen molar-refractivity contribution in [3.8, 4) is 0 Å². The molecule has 1 aromatic rings. The monoisotopic (exact) mass is 273 g/mol. The number of rotatable bonds is 1. The third kappa shape index (κ3) is 2.53. The molecular weight excluding hydrogens is 264 g/mol. The minimum absolute atomic E-state index is 0.357. The highest BCUT2D eigenvalue weighted by Crippen LogP contribution is 2.42. The number of hydrogen-bond donors (Lipinski definition) is 2. The molecule has 1 aromatic carbocycles. The fraction of sp³-hybridized carbons (Fsp3) is 0.400. The van der Waals surface area contributed by atoms with Crippen LogP contribution >= 0.6 is 0 Å². The molecule has 0 fully saturated rings. The minimum atomic E-state index is -5.04. The fourth-order valence-corrected chi connectivity index (χ4v) is 1.34. The standard InChI is InChI=1S/C10H9F6NO/c1-8(18,10(14,15)16)6-3-2-5(4-7(6)17)9(11,12)13/h2-4,18H,17H2,1H3. The molecule has 1 unspecified atom stereocenters. The predicted molar refractivity (Wildman–Crippen MR) is 51.5 cm³/mol. The lowest BCUT2D eigenvalue weighted by Gasteiger charge is -2.28. The largest absolute Gasteiger partial charge is 0.421 e. The second-order valence-electron chi connectivity index (χ2n) is 3.87. The first-order valence-electron chi connectivity index (χ1n) is 4.63. The summed E-state index contributed by atoms with van der Waals surface area (Å²) in [5, 5.41) is 9.31. The van der Waals surface area contributed by atoms with E-state index in [9.17, 15) is 31.4 Å². The van der Waals surface area contributed by atoms with Crippen molar-refractivity contribution < 1.29 is 31.4 Å². The van der Waals surface area contributed by atoms with Gasteiger partial charge in [-0.3, -0.25) is 0 Å². The first kappa shape index (κ1) is 14.6. The molecule has 0 aromatic heterocycles. The van der Waals surface area contributed by atoms with Gasteiger partial charge in [-0.15, -0.1) is 0 Å². The summed E-state index contributed by atoms with van der Waals surface area (Å²) in [4.78, 5) is 0. The molecular formula is C10H9F6NO. The average molecular weight is 273 g/mol. The summed E-state index contributed by atoms with van der Waals surface area (Å²) in [7, 11) is 0. The van der Waals surface area contributed by atoms with Gasteiger partial charge in [-0.2, -0.15) is 26.3 Å². The topological polar surface area (TPSA) is 46.2 Å². The zero-order valence-corrected chi connectivity index (χ0v) is 9.02. The average Bonchev–Trinajstić information content (AvgIpc) is 2.13. The number of nitrogen functional groups attached to an aromatic ring is 1. The lowest BCUT2D eigenvalue weighted by Crippen LogP contribution is -2.39. The Bertz CT molecular complexity index is 449. The molecule has 8 heteroatoms. The zero-order valence-electron chi connectivity index (χ0n) is 9.02. The number of alkyl halides is 6. The van der Waals surface area contributed by atoms with Crippen LogP contribution in [0.4, 0.5) is 32.0 Å². The van der Waals surface area contributed by atoms with E-state index in [0.717, 1.165) is 0 Å². The van der Waals surface area contributed by atoms with Crippen LogP contribution in [0.2, 0.25) is 0 Å². The van der Waals surface area contributed by atoms with Gasteiger partial charge >= 0.3 is 12.4 Å². The van der Waals surface area contributed by atoms with Crippen molar-refractivity contribution in [1.82, 2.24) is 0 Å². The number of nitrogens with two attached hydrogens (primary N) is 1. The maximum atomic E-state index is 12.5. The van der Waals surface area contributed by atoms with E-state index in [1.54, 1.807) is 0 Å². The Morgan fingerprint density at radius 1 is 1.06 bits per heavy atom. The van der Waals surface area contributed by atoms with Crippen LogP contribution in [0.3, 0.4) is 0 Å². The van der Waals surface area contributed by atoms with Gasteiger partial charge in [0.05, 0.1) is 5.56 Å². The van der Waals surface area contributed by atoms with E-state index in [4.69, 9.17) is 5.73 Å². The van der Waals surface area contributed by atoms with E-state index in [1.807, 2.05) is 0 Å². The second-order valence-corrected chi connectivity index (χ2v) is 3.87. The molecule has 2 nitrogen and oxygen atoms in total. The highest BCUT2D eigenvalue weighted by Gasteiger charge is 2.52. The van der Waals surface area contributed by atoms with Gasteiger partial charge in [0.1, 0.15) is 0 Å². The molecule has 3 N–H and O–H groups in total. The van der Waals surface area contributed by atoms with Crippen LogP contribution in [0.1, 0.15) is 18.1 Å². The summed E-state index contributed by atoms with van der Waals surface area (Å²) in [5.74, 6) is 0. The molecule has 0 radical (unpaired) electrons. The summed E-state index contributed by atoms with van der Waals surface area (Å²) < 4.78 is 74.4. The van der Waals surface area contributed by atoms with Gasteiger partial charge in [-0.05, 0) is 19.1 Å². The van der Waals surface area contributed by atoms with Crippen LogP contribution in [0.15, 0.2) is 18.2 Å². The maximum Gasteiger partial charge on any atom is 0.421 e. The first-order chi connectivity index (χ1) is 7.87. The number of halogens is 6. The molecule has 18 heavy (non-hydrogen) atoms. The lowest BCUT2D eigenvalue weighted by molar-refractivity contribution is -0.258. The van der Waals surface area contributed by atoms with E-state index >= 15 is 0 Å². The fourth-order valence-electron chi connectivity index (χ4n) is 1.34. The molecule has 0 heterocycles. The minimum Gasteiger partial charge on any atom is -0.398 e. The summed E-state index contributed by atoms with van der Waals surface area (Å²) >= 11 is 0. The molecule has 0 amide bonds. The maximum absolute atomic E-state index is 12.5. The normalized spacial score (nSPS) is 16.4. The highest BCUT2D eigenvalue weighted by molar-refractivity contribution is 5.53. The molecule has 0 saturated carbocycles. The van der Waals surface area contributed by atoms with Gasteiger partial charge < -0.3 is 10.8 Å². The Morgan fingerprint density at radius 2 is 1.56 bits per heavy atom. The summed E-state index contributed by atoms with van der Waals surface area (Å²) in [6.45, 7) is 0.423. The van der Waals surface area contributed by atoms with E-state index in [0.29, 0.717) is 25.1 Å². The molecule has 1 rings (SSSR count). The molecule has 0 bridgehead atoms.